The molecule has 5 nitrogen and oxygen atoms in total. The summed E-state index contributed by atoms with van der Waals surface area (Å²) >= 11 is 0. The predicted octanol–water partition coefficient (Wildman–Crippen LogP) is 0.588. The van der Waals surface area contributed by atoms with Crippen LogP contribution in [0.5, 0.6) is 0 Å². The normalized spacial score (nSPS) is 11.6. The highest BCUT2D eigenvalue weighted by molar-refractivity contribution is 7.90. The van der Waals surface area contributed by atoms with Crippen molar-refractivity contribution in [1.82, 2.24) is 10.2 Å². The van der Waals surface area contributed by atoms with Crippen molar-refractivity contribution in [1.29, 1.82) is 0 Å². The summed E-state index contributed by atoms with van der Waals surface area (Å²) in [6.07, 6.45) is 1.16. The Kier molecular flexibility index (Phi) is 6.16. The molecule has 1 N–H and O–H groups in total. The molecule has 0 heterocycles. The van der Waals surface area contributed by atoms with E-state index in [1.54, 1.807) is 0 Å². The third-order valence-corrected chi connectivity index (χ3v) is 3.73. The molecular weight excluding hydrogens is 276 g/mol. The smallest absolute Gasteiger partial charge is 0.234 e. The highest BCUT2D eigenvalue weighted by Gasteiger charge is 2.08. The first-order valence-corrected chi connectivity index (χ1v) is 8.51. The van der Waals surface area contributed by atoms with Crippen LogP contribution in [0.2, 0.25) is 0 Å². The van der Waals surface area contributed by atoms with Gasteiger partial charge in [0.25, 0.3) is 0 Å². The number of aryl methyl sites for hydroxylation is 1. The van der Waals surface area contributed by atoms with Gasteiger partial charge in [-0.1, -0.05) is 29.8 Å². The van der Waals surface area contributed by atoms with Crippen LogP contribution in [0.4, 0.5) is 0 Å². The first-order chi connectivity index (χ1) is 9.26. The maximum atomic E-state index is 11.6. The number of hydrogen-bond donors (Lipinski definition) is 1. The molecule has 0 bridgehead atoms. The molecule has 0 aliphatic heterocycles. The van der Waals surface area contributed by atoms with Gasteiger partial charge in [0, 0.05) is 19.3 Å². The summed E-state index contributed by atoms with van der Waals surface area (Å²) in [4.78, 5) is 13.5. The lowest BCUT2D eigenvalue weighted by Gasteiger charge is -2.16. The van der Waals surface area contributed by atoms with Gasteiger partial charge in [0.05, 0.1) is 12.3 Å². The number of sulfone groups is 1. The fraction of sp³-hybridized carbons (Fsp3) is 0.500. The standard InChI is InChI=1S/C14H22N2O3S/c1-12-4-6-13(7-5-12)10-16(2)11-14(17)15-8-9-20(3,18)19/h4-7H,8-11H2,1-3H3,(H,15,17). The zero-order valence-electron chi connectivity index (χ0n) is 12.2. The van der Waals surface area contributed by atoms with Crippen LogP contribution in [-0.2, 0) is 21.2 Å². The van der Waals surface area contributed by atoms with Crippen molar-refractivity contribution in [2.24, 2.45) is 0 Å². The van der Waals surface area contributed by atoms with Crippen molar-refractivity contribution in [3.8, 4) is 0 Å². The topological polar surface area (TPSA) is 66.5 Å². The van der Waals surface area contributed by atoms with Gasteiger partial charge in [-0.3, -0.25) is 9.69 Å². The summed E-state index contributed by atoms with van der Waals surface area (Å²) in [6, 6.07) is 8.14. The van der Waals surface area contributed by atoms with E-state index in [9.17, 15) is 13.2 Å². The largest absolute Gasteiger partial charge is 0.354 e. The molecule has 1 aromatic carbocycles. The minimum Gasteiger partial charge on any atom is -0.354 e. The number of hydrogen-bond acceptors (Lipinski definition) is 4. The molecule has 0 radical (unpaired) electrons. The van der Waals surface area contributed by atoms with Gasteiger partial charge in [0.15, 0.2) is 0 Å². The van der Waals surface area contributed by atoms with Crippen LogP contribution in [-0.4, -0.2) is 51.4 Å². The molecule has 1 amide bonds. The van der Waals surface area contributed by atoms with Crippen molar-refractivity contribution in [3.63, 3.8) is 0 Å². The maximum Gasteiger partial charge on any atom is 0.234 e. The Morgan fingerprint density at radius 2 is 1.85 bits per heavy atom. The van der Waals surface area contributed by atoms with Crippen LogP contribution in [0, 0.1) is 6.92 Å². The third kappa shape index (κ3) is 7.25. The Hall–Kier alpha value is -1.40. The number of nitrogens with zero attached hydrogens (tertiary/aromatic N) is 1. The van der Waals surface area contributed by atoms with Gasteiger partial charge in [0.1, 0.15) is 9.84 Å². The van der Waals surface area contributed by atoms with Gasteiger partial charge >= 0.3 is 0 Å². The van der Waals surface area contributed by atoms with Crippen LogP contribution in [0.3, 0.4) is 0 Å². The van der Waals surface area contributed by atoms with E-state index in [0.29, 0.717) is 6.54 Å². The van der Waals surface area contributed by atoms with E-state index >= 15 is 0 Å². The summed E-state index contributed by atoms with van der Waals surface area (Å²) < 4.78 is 21.9. The van der Waals surface area contributed by atoms with Crippen molar-refractivity contribution in [2.75, 3.05) is 32.1 Å². The number of rotatable bonds is 7. The fourth-order valence-electron chi connectivity index (χ4n) is 1.74. The molecule has 0 saturated carbocycles. The number of nitrogens with one attached hydrogen (secondary N) is 1. The molecule has 0 saturated heterocycles. The minimum absolute atomic E-state index is 0.0274. The highest BCUT2D eigenvalue weighted by Crippen LogP contribution is 2.05. The van der Waals surface area contributed by atoms with E-state index in [-0.39, 0.29) is 24.7 Å². The summed E-state index contributed by atoms with van der Waals surface area (Å²) in [5.74, 6) is -0.191. The first-order valence-electron chi connectivity index (χ1n) is 6.45. The third-order valence-electron chi connectivity index (χ3n) is 2.78. The number of likely N-dealkylation sites (N-methyl/N-ethyl adjacent to an activating group) is 1. The molecule has 6 heteroatoms. The quantitative estimate of drug-likeness (QED) is 0.800. The predicted molar refractivity (Wildman–Crippen MR) is 80.2 cm³/mol. The zero-order valence-corrected chi connectivity index (χ0v) is 13.0. The average molecular weight is 298 g/mol. The van der Waals surface area contributed by atoms with Crippen LogP contribution < -0.4 is 5.32 Å². The molecule has 0 fully saturated rings. The molecule has 0 aliphatic carbocycles. The second kappa shape index (κ2) is 7.40. The Morgan fingerprint density at radius 1 is 1.25 bits per heavy atom. The molecule has 1 rings (SSSR count). The van der Waals surface area contributed by atoms with Gasteiger partial charge in [0.2, 0.25) is 5.91 Å². The van der Waals surface area contributed by atoms with Crippen molar-refractivity contribution >= 4 is 15.7 Å². The van der Waals surface area contributed by atoms with E-state index in [1.165, 1.54) is 5.56 Å². The van der Waals surface area contributed by atoms with Gasteiger partial charge in [-0.2, -0.15) is 0 Å². The summed E-state index contributed by atoms with van der Waals surface area (Å²) in [7, 11) is -1.17. The van der Waals surface area contributed by atoms with E-state index in [4.69, 9.17) is 0 Å². The molecular formula is C14H22N2O3S. The second-order valence-corrected chi connectivity index (χ2v) is 7.40. The average Bonchev–Trinajstić information content (AvgIpc) is 2.30. The van der Waals surface area contributed by atoms with Crippen LogP contribution in [0.1, 0.15) is 11.1 Å². The molecule has 112 valence electrons. The molecule has 20 heavy (non-hydrogen) atoms. The van der Waals surface area contributed by atoms with Crippen molar-refractivity contribution < 1.29 is 13.2 Å². The number of carbonyl (C=O) groups is 1. The number of benzene rings is 1. The van der Waals surface area contributed by atoms with Crippen molar-refractivity contribution in [2.45, 2.75) is 13.5 Å². The van der Waals surface area contributed by atoms with Gasteiger partial charge in [-0.05, 0) is 19.5 Å². The van der Waals surface area contributed by atoms with Crippen LogP contribution in [0.15, 0.2) is 24.3 Å². The Bertz CT molecular complexity index is 538. The van der Waals surface area contributed by atoms with Gasteiger partial charge in [-0.15, -0.1) is 0 Å². The monoisotopic (exact) mass is 298 g/mol. The highest BCUT2D eigenvalue weighted by atomic mass is 32.2. The first kappa shape index (κ1) is 16.7. The van der Waals surface area contributed by atoms with Gasteiger partial charge < -0.3 is 5.32 Å². The van der Waals surface area contributed by atoms with Crippen molar-refractivity contribution in [3.05, 3.63) is 35.4 Å². The molecule has 1 aromatic rings. The molecule has 0 atom stereocenters. The Labute approximate surface area is 120 Å². The van der Waals surface area contributed by atoms with E-state index in [2.05, 4.69) is 5.32 Å². The van der Waals surface area contributed by atoms with E-state index < -0.39 is 9.84 Å². The molecule has 0 spiro atoms. The van der Waals surface area contributed by atoms with E-state index in [0.717, 1.165) is 11.8 Å². The lowest BCUT2D eigenvalue weighted by molar-refractivity contribution is -0.121. The molecule has 0 aromatic heterocycles. The Balaban J connectivity index is 2.32. The number of carbonyl (C=O) groups excluding carboxylic acids is 1. The SMILES string of the molecule is Cc1ccc(CN(C)CC(=O)NCCS(C)(=O)=O)cc1. The summed E-state index contributed by atoms with van der Waals surface area (Å²) in [5.41, 5.74) is 2.34. The molecule has 0 aliphatic rings. The summed E-state index contributed by atoms with van der Waals surface area (Å²) in [5, 5.41) is 2.61. The lowest BCUT2D eigenvalue weighted by atomic mass is 10.1. The van der Waals surface area contributed by atoms with Crippen LogP contribution in [0.25, 0.3) is 0 Å². The lowest BCUT2D eigenvalue weighted by Crippen LogP contribution is -2.37. The second-order valence-electron chi connectivity index (χ2n) is 5.14. The minimum atomic E-state index is -3.03. The maximum absolute atomic E-state index is 11.6. The Morgan fingerprint density at radius 3 is 2.40 bits per heavy atom. The zero-order chi connectivity index (χ0) is 15.2. The van der Waals surface area contributed by atoms with Gasteiger partial charge in [-0.25, -0.2) is 8.42 Å². The molecule has 0 unspecified atom stereocenters. The van der Waals surface area contributed by atoms with Crippen LogP contribution >= 0.6 is 0 Å². The summed E-state index contributed by atoms with van der Waals surface area (Å²) in [6.45, 7) is 3.12. The number of amides is 1. The fourth-order valence-corrected chi connectivity index (χ4v) is 2.21. The van der Waals surface area contributed by atoms with E-state index in [1.807, 2.05) is 43.1 Å².